The average molecular weight is 274 g/mol. The van der Waals surface area contributed by atoms with Crippen molar-refractivity contribution in [1.29, 1.82) is 0 Å². The molecule has 0 spiro atoms. The van der Waals surface area contributed by atoms with Crippen LogP contribution in [-0.2, 0) is 14.3 Å². The third kappa shape index (κ3) is 2.31. The average Bonchev–Trinajstić information content (AvgIpc) is 2.66. The van der Waals surface area contributed by atoms with E-state index in [-0.39, 0.29) is 17.7 Å². The standard InChI is InChI=1S/C11H8F2O4S/c12-6-1-2-8(7(13)5-6)18-11(10(15)16)4-3-9(14)17-11/h1-2,5H,3-4H2,(H,15,16). The van der Waals surface area contributed by atoms with Crippen LogP contribution in [0, 0.1) is 11.6 Å². The van der Waals surface area contributed by atoms with Crippen LogP contribution in [0.1, 0.15) is 12.8 Å². The number of halogens is 2. The molecule has 1 aliphatic heterocycles. The summed E-state index contributed by atoms with van der Waals surface area (Å²) in [5.74, 6) is -3.65. The van der Waals surface area contributed by atoms with Gasteiger partial charge in [0.15, 0.2) is 0 Å². The molecule has 1 atom stereocenters. The first-order valence-corrected chi connectivity index (χ1v) is 5.84. The van der Waals surface area contributed by atoms with E-state index in [4.69, 9.17) is 9.84 Å². The molecule has 96 valence electrons. The molecule has 4 nitrogen and oxygen atoms in total. The van der Waals surface area contributed by atoms with Crippen molar-refractivity contribution in [1.82, 2.24) is 0 Å². The molecule has 1 aromatic carbocycles. The minimum atomic E-state index is -1.82. The molecule has 0 aromatic heterocycles. The van der Waals surface area contributed by atoms with E-state index in [1.54, 1.807) is 0 Å². The summed E-state index contributed by atoms with van der Waals surface area (Å²) in [6.45, 7) is 0. The molecule has 1 fully saturated rings. The first-order valence-electron chi connectivity index (χ1n) is 5.02. The molecule has 18 heavy (non-hydrogen) atoms. The summed E-state index contributed by atoms with van der Waals surface area (Å²) in [4.78, 5) is 20.3. The Labute approximate surface area is 105 Å². The molecule has 0 amide bonds. The van der Waals surface area contributed by atoms with Crippen LogP contribution in [-0.4, -0.2) is 22.0 Å². The van der Waals surface area contributed by atoms with E-state index in [1.165, 1.54) is 0 Å². The first-order chi connectivity index (χ1) is 8.43. The predicted octanol–water partition coefficient (Wildman–Crippen LogP) is 2.17. The van der Waals surface area contributed by atoms with E-state index < -0.39 is 28.5 Å². The van der Waals surface area contributed by atoms with Gasteiger partial charge in [0.05, 0.1) is 6.42 Å². The first kappa shape index (κ1) is 12.8. The number of aliphatic carboxylic acids is 1. The van der Waals surface area contributed by atoms with Crippen LogP contribution in [0.2, 0.25) is 0 Å². The van der Waals surface area contributed by atoms with Crippen LogP contribution in [0.3, 0.4) is 0 Å². The highest BCUT2D eigenvalue weighted by atomic mass is 32.2. The zero-order valence-electron chi connectivity index (χ0n) is 8.98. The fourth-order valence-electron chi connectivity index (χ4n) is 1.55. The Kier molecular flexibility index (Phi) is 3.25. The summed E-state index contributed by atoms with van der Waals surface area (Å²) in [6, 6.07) is 2.78. The fourth-order valence-corrected chi connectivity index (χ4v) is 2.63. The second-order valence-electron chi connectivity index (χ2n) is 3.71. The molecule has 1 unspecified atom stereocenters. The highest BCUT2D eigenvalue weighted by Gasteiger charge is 2.49. The van der Waals surface area contributed by atoms with Crippen molar-refractivity contribution < 1.29 is 28.2 Å². The number of ether oxygens (including phenoxy) is 1. The number of hydrogen-bond acceptors (Lipinski definition) is 4. The van der Waals surface area contributed by atoms with Crippen molar-refractivity contribution in [3.8, 4) is 0 Å². The van der Waals surface area contributed by atoms with E-state index in [0.717, 1.165) is 12.1 Å². The Morgan fingerprint density at radius 2 is 2.17 bits per heavy atom. The van der Waals surface area contributed by atoms with Gasteiger partial charge in [0.1, 0.15) is 11.6 Å². The summed E-state index contributed by atoms with van der Waals surface area (Å²) in [5.41, 5.74) is 0. The van der Waals surface area contributed by atoms with Crippen LogP contribution in [0.15, 0.2) is 23.1 Å². The van der Waals surface area contributed by atoms with Crippen molar-refractivity contribution in [2.24, 2.45) is 0 Å². The van der Waals surface area contributed by atoms with Crippen LogP contribution < -0.4 is 0 Å². The summed E-state index contributed by atoms with van der Waals surface area (Å²) in [6.07, 6.45) is -0.0925. The number of carbonyl (C=O) groups excluding carboxylic acids is 1. The SMILES string of the molecule is O=C1CCC(Sc2ccc(F)cc2F)(C(=O)O)O1. The molecule has 0 aliphatic carbocycles. The summed E-state index contributed by atoms with van der Waals surface area (Å²) >= 11 is 0.562. The number of rotatable bonds is 3. The Hall–Kier alpha value is -1.63. The van der Waals surface area contributed by atoms with Crippen LogP contribution >= 0.6 is 11.8 Å². The molecule has 0 bridgehead atoms. The predicted molar refractivity (Wildman–Crippen MR) is 57.9 cm³/mol. The third-order valence-corrected chi connectivity index (χ3v) is 3.77. The van der Waals surface area contributed by atoms with Gasteiger partial charge in [-0.05, 0) is 12.1 Å². The van der Waals surface area contributed by atoms with E-state index in [1.807, 2.05) is 0 Å². The molecule has 0 radical (unpaired) electrons. The lowest BCUT2D eigenvalue weighted by Crippen LogP contribution is -2.34. The zero-order valence-corrected chi connectivity index (χ0v) is 9.80. The van der Waals surface area contributed by atoms with Gasteiger partial charge in [0.2, 0.25) is 0 Å². The molecule has 2 rings (SSSR count). The number of carbonyl (C=O) groups is 2. The third-order valence-electron chi connectivity index (χ3n) is 2.43. The number of cyclic esters (lactones) is 1. The van der Waals surface area contributed by atoms with Gasteiger partial charge in [-0.25, -0.2) is 13.6 Å². The van der Waals surface area contributed by atoms with Crippen molar-refractivity contribution in [2.75, 3.05) is 0 Å². The molecular formula is C11H8F2O4S. The summed E-state index contributed by atoms with van der Waals surface area (Å²) in [5, 5.41) is 9.09. The van der Waals surface area contributed by atoms with Crippen LogP contribution in [0.25, 0.3) is 0 Å². The number of thioether (sulfide) groups is 1. The number of esters is 1. The number of hydrogen-bond donors (Lipinski definition) is 1. The van der Waals surface area contributed by atoms with Gasteiger partial charge in [-0.2, -0.15) is 0 Å². The lowest BCUT2D eigenvalue weighted by atomic mass is 10.2. The lowest BCUT2D eigenvalue weighted by Gasteiger charge is -2.21. The molecule has 7 heteroatoms. The van der Waals surface area contributed by atoms with E-state index in [2.05, 4.69) is 0 Å². The van der Waals surface area contributed by atoms with Crippen molar-refractivity contribution in [3.63, 3.8) is 0 Å². The smallest absolute Gasteiger partial charge is 0.359 e. The minimum absolute atomic E-state index is 0.0396. The van der Waals surface area contributed by atoms with Gasteiger partial charge >= 0.3 is 11.9 Å². The normalized spacial score (nSPS) is 22.9. The molecular weight excluding hydrogens is 266 g/mol. The van der Waals surface area contributed by atoms with Crippen molar-refractivity contribution in [3.05, 3.63) is 29.8 Å². The van der Waals surface area contributed by atoms with Gasteiger partial charge < -0.3 is 9.84 Å². The maximum Gasteiger partial charge on any atom is 0.359 e. The molecule has 0 saturated carbocycles. The molecule has 1 heterocycles. The van der Waals surface area contributed by atoms with E-state index in [9.17, 15) is 18.4 Å². The summed E-state index contributed by atoms with van der Waals surface area (Å²) in [7, 11) is 0. The highest BCUT2D eigenvalue weighted by Crippen LogP contribution is 2.43. The van der Waals surface area contributed by atoms with Gasteiger partial charge in [0.25, 0.3) is 4.93 Å². The quantitative estimate of drug-likeness (QED) is 0.856. The second-order valence-corrected chi connectivity index (χ2v) is 5.01. The van der Waals surface area contributed by atoms with Gasteiger partial charge in [0, 0.05) is 17.4 Å². The molecule has 1 aliphatic rings. The van der Waals surface area contributed by atoms with Crippen molar-refractivity contribution >= 4 is 23.7 Å². The maximum absolute atomic E-state index is 13.4. The summed E-state index contributed by atoms with van der Waals surface area (Å²) < 4.78 is 30.9. The number of carboxylic acids is 1. The molecule has 1 saturated heterocycles. The van der Waals surface area contributed by atoms with Gasteiger partial charge in [-0.15, -0.1) is 0 Å². The van der Waals surface area contributed by atoms with Crippen molar-refractivity contribution in [2.45, 2.75) is 22.7 Å². The molecule has 1 N–H and O–H groups in total. The van der Waals surface area contributed by atoms with E-state index in [0.29, 0.717) is 17.8 Å². The number of carboxylic acid groups (broad SMARTS) is 1. The van der Waals surface area contributed by atoms with E-state index >= 15 is 0 Å². The largest absolute Gasteiger partial charge is 0.478 e. The monoisotopic (exact) mass is 274 g/mol. The Morgan fingerprint density at radius 3 is 2.67 bits per heavy atom. The Balaban J connectivity index is 2.30. The second kappa shape index (κ2) is 4.56. The Morgan fingerprint density at radius 1 is 1.44 bits per heavy atom. The van der Waals surface area contributed by atoms with Crippen LogP contribution in [0.4, 0.5) is 8.78 Å². The van der Waals surface area contributed by atoms with Gasteiger partial charge in [-0.3, -0.25) is 4.79 Å². The maximum atomic E-state index is 13.4. The Bertz CT molecular complexity index is 520. The highest BCUT2D eigenvalue weighted by molar-refractivity contribution is 8.01. The molecule has 1 aromatic rings. The number of benzene rings is 1. The zero-order chi connectivity index (χ0) is 13.3. The fraction of sp³-hybridized carbons (Fsp3) is 0.273. The topological polar surface area (TPSA) is 63.6 Å². The van der Waals surface area contributed by atoms with Crippen LogP contribution in [0.5, 0.6) is 0 Å². The lowest BCUT2D eigenvalue weighted by molar-refractivity contribution is -0.160. The van der Waals surface area contributed by atoms with Gasteiger partial charge in [-0.1, -0.05) is 11.8 Å². The minimum Gasteiger partial charge on any atom is -0.478 e.